The van der Waals surface area contributed by atoms with E-state index in [0.29, 0.717) is 12.6 Å². The van der Waals surface area contributed by atoms with Crippen LogP contribution in [-0.4, -0.2) is 30.0 Å². The van der Waals surface area contributed by atoms with Crippen molar-refractivity contribution >= 4 is 43.8 Å². The topological polar surface area (TPSA) is 45.2 Å². The van der Waals surface area contributed by atoms with E-state index < -0.39 is 0 Å². The second kappa shape index (κ2) is 6.29. The van der Waals surface area contributed by atoms with Crippen molar-refractivity contribution in [3.63, 3.8) is 0 Å². The summed E-state index contributed by atoms with van der Waals surface area (Å²) in [5.74, 6) is 0.0252. The predicted molar refractivity (Wildman–Crippen MR) is 96.6 cm³/mol. The van der Waals surface area contributed by atoms with Crippen molar-refractivity contribution in [2.45, 2.75) is 18.9 Å². The van der Waals surface area contributed by atoms with Crippen LogP contribution in [0.2, 0.25) is 0 Å². The van der Waals surface area contributed by atoms with E-state index >= 15 is 0 Å². The second-order valence-corrected chi connectivity index (χ2v) is 7.62. The molecule has 0 aliphatic carbocycles. The lowest BCUT2D eigenvalue weighted by atomic mass is 10.2. The maximum atomic E-state index is 12.4. The molecule has 1 unspecified atom stereocenters. The predicted octanol–water partition coefficient (Wildman–Crippen LogP) is 3.76. The van der Waals surface area contributed by atoms with Gasteiger partial charge in [0.05, 0.1) is 4.88 Å². The molecule has 23 heavy (non-hydrogen) atoms. The Balaban J connectivity index is 1.43. The first kappa shape index (κ1) is 14.7. The number of fused-ring (bicyclic) bond motifs is 1. The summed E-state index contributed by atoms with van der Waals surface area (Å²) >= 11 is 3.21. The molecule has 4 rings (SSSR count). The molecule has 2 aromatic heterocycles. The van der Waals surface area contributed by atoms with Crippen molar-refractivity contribution in [2.75, 3.05) is 18.0 Å². The Kier molecular flexibility index (Phi) is 4.01. The molecule has 6 heteroatoms. The van der Waals surface area contributed by atoms with Gasteiger partial charge in [-0.25, -0.2) is 4.98 Å². The molecule has 1 aliphatic heterocycles. The van der Waals surface area contributed by atoms with E-state index in [4.69, 9.17) is 0 Å². The lowest BCUT2D eigenvalue weighted by Crippen LogP contribution is -2.40. The maximum absolute atomic E-state index is 12.4. The third-order valence-corrected chi connectivity index (χ3v) is 6.11. The van der Waals surface area contributed by atoms with E-state index in [1.54, 1.807) is 22.7 Å². The molecule has 0 bridgehead atoms. The molecule has 0 saturated carbocycles. The van der Waals surface area contributed by atoms with Crippen molar-refractivity contribution < 1.29 is 4.79 Å². The third kappa shape index (κ3) is 2.96. The van der Waals surface area contributed by atoms with Crippen LogP contribution in [-0.2, 0) is 0 Å². The van der Waals surface area contributed by atoms with Gasteiger partial charge in [0.25, 0.3) is 5.91 Å². The van der Waals surface area contributed by atoms with Crippen LogP contribution in [0.4, 0.5) is 5.13 Å². The third-order valence-electron chi connectivity index (χ3n) is 4.19. The van der Waals surface area contributed by atoms with Crippen LogP contribution in [0.1, 0.15) is 22.5 Å². The minimum Gasteiger partial charge on any atom is -0.349 e. The Labute approximate surface area is 142 Å². The average molecular weight is 343 g/mol. The van der Waals surface area contributed by atoms with Gasteiger partial charge in [-0.1, -0.05) is 18.2 Å². The van der Waals surface area contributed by atoms with Gasteiger partial charge in [0.1, 0.15) is 0 Å². The summed E-state index contributed by atoms with van der Waals surface area (Å²) in [4.78, 5) is 19.9. The monoisotopic (exact) mass is 343 g/mol. The SMILES string of the molecule is O=C(NCC1CCCN1c1nccs1)c1cc2ccccc2s1. The normalized spacial score (nSPS) is 17.7. The van der Waals surface area contributed by atoms with Crippen LogP contribution in [0.15, 0.2) is 41.9 Å². The summed E-state index contributed by atoms with van der Waals surface area (Å²) in [6.07, 6.45) is 4.10. The van der Waals surface area contributed by atoms with Gasteiger partial charge >= 0.3 is 0 Å². The highest BCUT2D eigenvalue weighted by Crippen LogP contribution is 2.27. The molecule has 3 aromatic rings. The first-order valence-electron chi connectivity index (χ1n) is 7.74. The van der Waals surface area contributed by atoms with E-state index in [2.05, 4.69) is 21.3 Å². The van der Waals surface area contributed by atoms with E-state index in [-0.39, 0.29) is 5.91 Å². The highest BCUT2D eigenvalue weighted by atomic mass is 32.1. The molecule has 1 aromatic carbocycles. The lowest BCUT2D eigenvalue weighted by Gasteiger charge is -2.24. The fourth-order valence-corrected chi connectivity index (χ4v) is 4.77. The van der Waals surface area contributed by atoms with Crippen molar-refractivity contribution in [3.05, 3.63) is 46.8 Å². The van der Waals surface area contributed by atoms with Gasteiger partial charge in [0, 0.05) is 35.4 Å². The Bertz CT molecular complexity index is 779. The Hall–Kier alpha value is -1.92. The molecule has 1 N–H and O–H groups in total. The van der Waals surface area contributed by atoms with E-state index in [9.17, 15) is 4.79 Å². The highest BCUT2D eigenvalue weighted by molar-refractivity contribution is 7.20. The molecule has 1 saturated heterocycles. The zero-order chi connectivity index (χ0) is 15.6. The smallest absolute Gasteiger partial charge is 0.261 e. The van der Waals surface area contributed by atoms with Gasteiger partial charge < -0.3 is 10.2 Å². The first-order valence-corrected chi connectivity index (χ1v) is 9.44. The number of thiophene rings is 1. The van der Waals surface area contributed by atoms with Gasteiger partial charge in [-0.15, -0.1) is 22.7 Å². The molecular formula is C17H17N3OS2. The number of benzene rings is 1. The number of hydrogen-bond donors (Lipinski definition) is 1. The molecule has 1 fully saturated rings. The molecule has 1 atom stereocenters. The summed E-state index contributed by atoms with van der Waals surface area (Å²) < 4.78 is 1.16. The molecular weight excluding hydrogens is 326 g/mol. The molecule has 1 amide bonds. The number of aromatic nitrogens is 1. The minimum atomic E-state index is 0.0252. The van der Waals surface area contributed by atoms with Crippen LogP contribution in [0.5, 0.6) is 0 Å². The average Bonchev–Trinajstić information content (AvgIpc) is 3.30. The van der Waals surface area contributed by atoms with Crippen LogP contribution >= 0.6 is 22.7 Å². The summed E-state index contributed by atoms with van der Waals surface area (Å²) in [6.45, 7) is 1.70. The fraction of sp³-hybridized carbons (Fsp3) is 0.294. The Morgan fingerprint density at radius 2 is 2.30 bits per heavy atom. The second-order valence-electron chi connectivity index (χ2n) is 5.66. The van der Waals surface area contributed by atoms with E-state index in [0.717, 1.165) is 39.5 Å². The van der Waals surface area contributed by atoms with Crippen molar-refractivity contribution in [2.24, 2.45) is 0 Å². The van der Waals surface area contributed by atoms with Gasteiger partial charge in [-0.05, 0) is 30.4 Å². The number of carbonyl (C=O) groups excluding carboxylic acids is 1. The number of hydrogen-bond acceptors (Lipinski definition) is 5. The summed E-state index contributed by atoms with van der Waals surface area (Å²) in [6, 6.07) is 10.4. The zero-order valence-electron chi connectivity index (χ0n) is 12.6. The van der Waals surface area contributed by atoms with Gasteiger partial charge in [0.2, 0.25) is 0 Å². The highest BCUT2D eigenvalue weighted by Gasteiger charge is 2.26. The summed E-state index contributed by atoms with van der Waals surface area (Å²) in [5.41, 5.74) is 0. The molecule has 3 heterocycles. The number of amides is 1. The lowest BCUT2D eigenvalue weighted by molar-refractivity contribution is 0.0955. The van der Waals surface area contributed by atoms with Crippen molar-refractivity contribution in [3.8, 4) is 0 Å². The fourth-order valence-electron chi connectivity index (χ4n) is 3.05. The quantitative estimate of drug-likeness (QED) is 0.784. The van der Waals surface area contributed by atoms with Crippen LogP contribution < -0.4 is 10.2 Å². The largest absolute Gasteiger partial charge is 0.349 e. The summed E-state index contributed by atoms with van der Waals surface area (Å²) in [7, 11) is 0. The number of thiazole rings is 1. The molecule has 0 spiro atoms. The molecule has 4 nitrogen and oxygen atoms in total. The Morgan fingerprint density at radius 1 is 1.39 bits per heavy atom. The van der Waals surface area contributed by atoms with Crippen LogP contribution in [0.3, 0.4) is 0 Å². The van der Waals surface area contributed by atoms with Crippen LogP contribution in [0, 0.1) is 0 Å². The minimum absolute atomic E-state index is 0.0252. The van der Waals surface area contributed by atoms with E-state index in [1.165, 1.54) is 0 Å². The van der Waals surface area contributed by atoms with E-state index in [1.807, 2.05) is 35.8 Å². The molecule has 0 radical (unpaired) electrons. The number of carbonyl (C=O) groups is 1. The number of nitrogens with one attached hydrogen (secondary N) is 1. The summed E-state index contributed by atoms with van der Waals surface area (Å²) in [5, 5.41) is 7.29. The van der Waals surface area contributed by atoms with Crippen molar-refractivity contribution in [1.82, 2.24) is 10.3 Å². The number of nitrogens with zero attached hydrogens (tertiary/aromatic N) is 2. The van der Waals surface area contributed by atoms with Crippen molar-refractivity contribution in [1.29, 1.82) is 0 Å². The van der Waals surface area contributed by atoms with Gasteiger partial charge in [0.15, 0.2) is 5.13 Å². The van der Waals surface area contributed by atoms with Gasteiger partial charge in [-0.3, -0.25) is 4.79 Å². The number of anilines is 1. The maximum Gasteiger partial charge on any atom is 0.261 e. The first-order chi connectivity index (χ1) is 11.3. The molecule has 118 valence electrons. The van der Waals surface area contributed by atoms with Gasteiger partial charge in [-0.2, -0.15) is 0 Å². The number of rotatable bonds is 4. The zero-order valence-corrected chi connectivity index (χ0v) is 14.2. The van der Waals surface area contributed by atoms with Crippen LogP contribution in [0.25, 0.3) is 10.1 Å². The molecule has 1 aliphatic rings. The Morgan fingerprint density at radius 3 is 3.13 bits per heavy atom. The standard InChI is InChI=1S/C17H17N3OS2/c21-16(15-10-12-4-1-2-6-14(12)23-15)19-11-13-5-3-8-20(13)17-18-7-9-22-17/h1-2,4,6-7,9-10,13H,3,5,8,11H2,(H,19,21).